The molecular formula is C33H20N2S. The van der Waals surface area contributed by atoms with Gasteiger partial charge < -0.3 is 0 Å². The molecule has 0 saturated carbocycles. The molecule has 0 bridgehead atoms. The lowest BCUT2D eigenvalue weighted by Crippen LogP contribution is -1.92. The molecule has 0 N–H and O–H groups in total. The van der Waals surface area contributed by atoms with Gasteiger partial charge in [0.15, 0.2) is 0 Å². The first-order valence-corrected chi connectivity index (χ1v) is 13.0. The summed E-state index contributed by atoms with van der Waals surface area (Å²) in [5.74, 6) is 0. The minimum absolute atomic E-state index is 1.00. The second kappa shape index (κ2) is 7.51. The van der Waals surface area contributed by atoms with Gasteiger partial charge in [0.25, 0.3) is 0 Å². The van der Waals surface area contributed by atoms with Gasteiger partial charge in [-0.1, -0.05) is 91.0 Å². The van der Waals surface area contributed by atoms with Gasteiger partial charge in [0.2, 0.25) is 0 Å². The van der Waals surface area contributed by atoms with Crippen molar-refractivity contribution in [3.05, 3.63) is 122 Å². The highest BCUT2D eigenvalue weighted by atomic mass is 32.1. The molecule has 2 nitrogen and oxygen atoms in total. The fourth-order valence-electron chi connectivity index (χ4n) is 5.67. The summed E-state index contributed by atoms with van der Waals surface area (Å²) in [6.45, 7) is 0. The van der Waals surface area contributed by atoms with Gasteiger partial charge >= 0.3 is 0 Å². The summed E-state index contributed by atoms with van der Waals surface area (Å²) in [5.41, 5.74) is 7.21. The second-order valence-corrected chi connectivity index (χ2v) is 10.3. The molecule has 0 atom stereocenters. The van der Waals surface area contributed by atoms with E-state index in [9.17, 15) is 0 Å². The molecule has 0 aliphatic rings. The topological polar surface area (TPSA) is 17.3 Å². The monoisotopic (exact) mass is 476 g/mol. The smallest absolute Gasteiger partial charge is 0.145 e. The van der Waals surface area contributed by atoms with Gasteiger partial charge in [0, 0.05) is 48.9 Å². The Morgan fingerprint density at radius 1 is 0.556 bits per heavy atom. The summed E-state index contributed by atoms with van der Waals surface area (Å²) < 4.78 is 4.88. The lowest BCUT2D eigenvalue weighted by molar-refractivity contribution is 1.27. The zero-order chi connectivity index (χ0) is 23.6. The Bertz CT molecular complexity index is 2110. The Kier molecular flexibility index (Phi) is 4.13. The minimum Gasteiger partial charge on any atom is -0.299 e. The summed E-state index contributed by atoms with van der Waals surface area (Å²) in [4.78, 5) is 4.64. The van der Waals surface area contributed by atoms with Crippen LogP contribution in [0.1, 0.15) is 0 Å². The summed E-state index contributed by atoms with van der Waals surface area (Å²) in [7, 11) is 0. The van der Waals surface area contributed by atoms with E-state index in [1.807, 2.05) is 17.5 Å². The van der Waals surface area contributed by atoms with Crippen molar-refractivity contribution in [2.75, 3.05) is 0 Å². The van der Waals surface area contributed by atoms with Crippen LogP contribution in [0, 0.1) is 0 Å². The highest BCUT2D eigenvalue weighted by Crippen LogP contribution is 2.43. The highest BCUT2D eigenvalue weighted by Gasteiger charge is 2.15. The predicted molar refractivity (Wildman–Crippen MR) is 154 cm³/mol. The van der Waals surface area contributed by atoms with Gasteiger partial charge in [-0.3, -0.25) is 4.40 Å². The normalized spacial score (nSPS) is 11.9. The SMILES string of the molecule is c1ccc(-c2cccc3c2sc2ccccc23)c(-c2ccc3c(c2)c2ccccc2c2nccn32)c1. The quantitative estimate of drug-likeness (QED) is 0.227. The average molecular weight is 477 g/mol. The lowest BCUT2D eigenvalue weighted by atomic mass is 9.92. The molecule has 3 heteroatoms. The molecule has 5 aromatic carbocycles. The summed E-state index contributed by atoms with van der Waals surface area (Å²) in [6, 6.07) is 39.6. The van der Waals surface area contributed by atoms with E-state index in [-0.39, 0.29) is 0 Å². The fourth-order valence-corrected chi connectivity index (χ4v) is 6.90. The number of hydrogen-bond donors (Lipinski definition) is 0. The van der Waals surface area contributed by atoms with E-state index in [0.29, 0.717) is 0 Å². The molecule has 0 saturated heterocycles. The standard InChI is InChI=1S/C33H20N2S/c1-2-9-23(26-13-7-14-27-25-11-5-6-15-31(25)36-32(26)27)22(8-1)21-16-17-30-29(20-21)24-10-3-4-12-28(24)33-34-18-19-35(30)33/h1-20H. The molecule has 0 radical (unpaired) electrons. The number of thiophene rings is 1. The van der Waals surface area contributed by atoms with Gasteiger partial charge in [0.05, 0.1) is 5.52 Å². The van der Waals surface area contributed by atoms with Crippen LogP contribution in [0.4, 0.5) is 0 Å². The average Bonchev–Trinajstić information content (AvgIpc) is 3.58. The fraction of sp³-hybridized carbons (Fsp3) is 0. The first kappa shape index (κ1) is 19.8. The number of pyridine rings is 1. The zero-order valence-corrected chi connectivity index (χ0v) is 20.2. The van der Waals surface area contributed by atoms with Gasteiger partial charge in [0.1, 0.15) is 5.65 Å². The third-order valence-corrected chi connectivity index (χ3v) is 8.51. The summed E-state index contributed by atoms with van der Waals surface area (Å²) >= 11 is 1.88. The molecular weight excluding hydrogens is 456 g/mol. The Hall–Kier alpha value is -4.47. The Morgan fingerprint density at radius 2 is 1.28 bits per heavy atom. The maximum atomic E-state index is 4.64. The number of rotatable bonds is 2. The Morgan fingerprint density at radius 3 is 2.19 bits per heavy atom. The molecule has 8 rings (SSSR count). The third-order valence-electron chi connectivity index (χ3n) is 7.29. The van der Waals surface area contributed by atoms with E-state index in [1.165, 1.54) is 64.1 Å². The predicted octanol–water partition coefficient (Wildman–Crippen LogP) is 9.34. The van der Waals surface area contributed by atoms with Gasteiger partial charge in [-0.15, -0.1) is 11.3 Å². The maximum Gasteiger partial charge on any atom is 0.145 e. The summed E-state index contributed by atoms with van der Waals surface area (Å²) in [5, 5.41) is 6.31. The summed E-state index contributed by atoms with van der Waals surface area (Å²) in [6.07, 6.45) is 3.94. The number of hydrogen-bond acceptors (Lipinski definition) is 2. The van der Waals surface area contributed by atoms with Crippen molar-refractivity contribution in [1.82, 2.24) is 9.38 Å². The number of benzene rings is 5. The van der Waals surface area contributed by atoms with Crippen LogP contribution < -0.4 is 0 Å². The lowest BCUT2D eigenvalue weighted by Gasteiger charge is -2.14. The molecule has 3 heterocycles. The minimum atomic E-state index is 1.00. The first-order valence-electron chi connectivity index (χ1n) is 12.1. The van der Waals surface area contributed by atoms with Crippen LogP contribution in [-0.4, -0.2) is 9.38 Å². The maximum absolute atomic E-state index is 4.64. The van der Waals surface area contributed by atoms with Crippen molar-refractivity contribution in [3.8, 4) is 22.3 Å². The van der Waals surface area contributed by atoms with E-state index >= 15 is 0 Å². The van der Waals surface area contributed by atoms with Crippen molar-refractivity contribution >= 4 is 58.8 Å². The first-order chi connectivity index (χ1) is 17.9. The van der Waals surface area contributed by atoms with Crippen LogP contribution in [0.25, 0.3) is 69.7 Å². The number of aromatic nitrogens is 2. The Balaban J connectivity index is 1.42. The molecule has 0 amide bonds. The van der Waals surface area contributed by atoms with E-state index in [2.05, 4.69) is 125 Å². The molecule has 36 heavy (non-hydrogen) atoms. The Labute approximate surface area is 211 Å². The molecule has 0 fully saturated rings. The van der Waals surface area contributed by atoms with Crippen LogP contribution in [0.3, 0.4) is 0 Å². The molecule has 3 aromatic heterocycles. The molecule has 0 aliphatic heterocycles. The third kappa shape index (κ3) is 2.75. The van der Waals surface area contributed by atoms with E-state index < -0.39 is 0 Å². The van der Waals surface area contributed by atoms with Gasteiger partial charge in [-0.05, 0) is 40.3 Å². The zero-order valence-electron chi connectivity index (χ0n) is 19.3. The number of fused-ring (bicyclic) bond motifs is 9. The van der Waals surface area contributed by atoms with Crippen LogP contribution in [0.5, 0.6) is 0 Å². The molecule has 0 aliphatic carbocycles. The van der Waals surface area contributed by atoms with Crippen LogP contribution in [0.15, 0.2) is 122 Å². The van der Waals surface area contributed by atoms with E-state index in [0.717, 1.165) is 5.65 Å². The number of nitrogens with zero attached hydrogens (tertiary/aromatic N) is 2. The van der Waals surface area contributed by atoms with Crippen molar-refractivity contribution in [1.29, 1.82) is 0 Å². The number of imidazole rings is 1. The van der Waals surface area contributed by atoms with Gasteiger partial charge in [-0.25, -0.2) is 4.98 Å². The largest absolute Gasteiger partial charge is 0.299 e. The molecule has 8 aromatic rings. The molecule has 0 unspecified atom stereocenters. The van der Waals surface area contributed by atoms with Crippen molar-refractivity contribution in [3.63, 3.8) is 0 Å². The second-order valence-electron chi connectivity index (χ2n) is 9.22. The van der Waals surface area contributed by atoms with Crippen molar-refractivity contribution in [2.45, 2.75) is 0 Å². The molecule has 0 spiro atoms. The molecule has 168 valence electrons. The van der Waals surface area contributed by atoms with Gasteiger partial charge in [-0.2, -0.15) is 0 Å². The van der Waals surface area contributed by atoms with Crippen molar-refractivity contribution < 1.29 is 0 Å². The van der Waals surface area contributed by atoms with E-state index in [1.54, 1.807) is 0 Å². The van der Waals surface area contributed by atoms with E-state index in [4.69, 9.17) is 0 Å². The van der Waals surface area contributed by atoms with Crippen molar-refractivity contribution in [2.24, 2.45) is 0 Å². The van der Waals surface area contributed by atoms with Crippen LogP contribution >= 0.6 is 11.3 Å². The highest BCUT2D eigenvalue weighted by molar-refractivity contribution is 7.26. The van der Waals surface area contributed by atoms with Crippen LogP contribution in [-0.2, 0) is 0 Å². The van der Waals surface area contributed by atoms with Crippen LogP contribution in [0.2, 0.25) is 0 Å².